The Labute approximate surface area is 93.5 Å². The molecule has 2 aromatic heterocycles. The number of H-pyrrole nitrogens is 1. The molecule has 4 N–H and O–H groups in total. The van der Waals surface area contributed by atoms with Gasteiger partial charge < -0.3 is 16.0 Å². The number of nitrogens with one attached hydrogen (secondary N) is 2. The largest absolute Gasteiger partial charge is 0.384 e. The van der Waals surface area contributed by atoms with Gasteiger partial charge in [0.1, 0.15) is 11.6 Å². The SMILES string of the molecule is C[C@@H]1CNC[C@H]1c1nc2nc(N)ccc2[nH]1. The van der Waals surface area contributed by atoms with Crippen molar-refractivity contribution < 1.29 is 0 Å². The van der Waals surface area contributed by atoms with Crippen molar-refractivity contribution >= 4 is 17.0 Å². The topological polar surface area (TPSA) is 79.6 Å². The van der Waals surface area contributed by atoms with Crippen LogP contribution in [0.3, 0.4) is 0 Å². The average molecular weight is 217 g/mol. The molecule has 3 rings (SSSR count). The zero-order chi connectivity index (χ0) is 11.1. The molecule has 84 valence electrons. The molecule has 3 heterocycles. The summed E-state index contributed by atoms with van der Waals surface area (Å²) in [5.41, 5.74) is 7.31. The minimum atomic E-state index is 0.454. The summed E-state index contributed by atoms with van der Waals surface area (Å²) >= 11 is 0. The van der Waals surface area contributed by atoms with Crippen molar-refractivity contribution in [2.24, 2.45) is 5.92 Å². The molecule has 5 nitrogen and oxygen atoms in total. The van der Waals surface area contributed by atoms with E-state index < -0.39 is 0 Å². The van der Waals surface area contributed by atoms with E-state index >= 15 is 0 Å². The lowest BCUT2D eigenvalue weighted by atomic mass is 9.98. The van der Waals surface area contributed by atoms with E-state index in [0.717, 1.165) is 24.4 Å². The molecule has 0 amide bonds. The highest BCUT2D eigenvalue weighted by Crippen LogP contribution is 2.26. The highest BCUT2D eigenvalue weighted by Gasteiger charge is 2.27. The van der Waals surface area contributed by atoms with E-state index in [-0.39, 0.29) is 0 Å². The number of hydrogen-bond acceptors (Lipinski definition) is 4. The number of fused-ring (bicyclic) bond motifs is 1. The molecule has 2 aromatic rings. The summed E-state index contributed by atoms with van der Waals surface area (Å²) in [5.74, 6) is 2.60. The van der Waals surface area contributed by atoms with Gasteiger partial charge in [-0.3, -0.25) is 0 Å². The first-order valence-corrected chi connectivity index (χ1v) is 5.57. The monoisotopic (exact) mass is 217 g/mol. The van der Waals surface area contributed by atoms with Crippen molar-refractivity contribution in [3.8, 4) is 0 Å². The van der Waals surface area contributed by atoms with Crippen LogP contribution in [0.4, 0.5) is 5.82 Å². The second kappa shape index (κ2) is 3.45. The van der Waals surface area contributed by atoms with Gasteiger partial charge >= 0.3 is 0 Å². The molecule has 0 aliphatic carbocycles. The Hall–Kier alpha value is -1.62. The second-order valence-electron chi connectivity index (χ2n) is 4.47. The van der Waals surface area contributed by atoms with Crippen LogP contribution < -0.4 is 11.1 Å². The fourth-order valence-electron chi connectivity index (χ4n) is 2.28. The Morgan fingerprint density at radius 3 is 2.94 bits per heavy atom. The molecule has 5 heteroatoms. The van der Waals surface area contributed by atoms with E-state index in [1.807, 2.05) is 6.07 Å². The van der Waals surface area contributed by atoms with Gasteiger partial charge in [-0.15, -0.1) is 0 Å². The first-order valence-electron chi connectivity index (χ1n) is 5.57. The molecule has 0 bridgehead atoms. The lowest BCUT2D eigenvalue weighted by Crippen LogP contribution is -2.09. The Morgan fingerprint density at radius 2 is 2.19 bits per heavy atom. The first kappa shape index (κ1) is 9.59. The molecule has 1 aliphatic rings. The number of aromatic amines is 1. The Bertz CT molecular complexity index is 518. The zero-order valence-electron chi connectivity index (χ0n) is 9.20. The number of aromatic nitrogens is 3. The van der Waals surface area contributed by atoms with Crippen LogP contribution in [0, 0.1) is 5.92 Å². The molecular formula is C11H15N5. The van der Waals surface area contributed by atoms with E-state index in [2.05, 4.69) is 27.2 Å². The van der Waals surface area contributed by atoms with Gasteiger partial charge in [0.2, 0.25) is 0 Å². The maximum atomic E-state index is 5.64. The second-order valence-corrected chi connectivity index (χ2v) is 4.47. The number of anilines is 1. The van der Waals surface area contributed by atoms with Crippen LogP contribution >= 0.6 is 0 Å². The number of pyridine rings is 1. The van der Waals surface area contributed by atoms with Gasteiger partial charge in [-0.25, -0.2) is 9.97 Å². The third-order valence-electron chi connectivity index (χ3n) is 3.25. The van der Waals surface area contributed by atoms with E-state index in [1.165, 1.54) is 0 Å². The van der Waals surface area contributed by atoms with Crippen LogP contribution in [0.15, 0.2) is 12.1 Å². The van der Waals surface area contributed by atoms with Gasteiger partial charge in [-0.2, -0.15) is 0 Å². The van der Waals surface area contributed by atoms with Crippen molar-refractivity contribution in [2.45, 2.75) is 12.8 Å². The molecule has 1 aliphatic heterocycles. The molecule has 16 heavy (non-hydrogen) atoms. The number of nitrogens with zero attached hydrogens (tertiary/aromatic N) is 2. The lowest BCUT2D eigenvalue weighted by Gasteiger charge is -2.09. The molecule has 0 radical (unpaired) electrons. The van der Waals surface area contributed by atoms with E-state index in [4.69, 9.17) is 5.73 Å². The maximum Gasteiger partial charge on any atom is 0.179 e. The average Bonchev–Trinajstić information content (AvgIpc) is 2.82. The number of hydrogen-bond donors (Lipinski definition) is 3. The van der Waals surface area contributed by atoms with Gasteiger partial charge in [0, 0.05) is 12.5 Å². The van der Waals surface area contributed by atoms with E-state index in [9.17, 15) is 0 Å². The molecule has 2 atom stereocenters. The number of nitrogens with two attached hydrogens (primary N) is 1. The van der Waals surface area contributed by atoms with Crippen molar-refractivity contribution in [1.29, 1.82) is 0 Å². The highest BCUT2D eigenvalue weighted by molar-refractivity contribution is 5.72. The van der Waals surface area contributed by atoms with Crippen LogP contribution in [-0.2, 0) is 0 Å². The van der Waals surface area contributed by atoms with Crippen LogP contribution in [-0.4, -0.2) is 28.0 Å². The molecule has 0 saturated carbocycles. The zero-order valence-corrected chi connectivity index (χ0v) is 9.20. The van der Waals surface area contributed by atoms with E-state index in [1.54, 1.807) is 6.07 Å². The first-order chi connectivity index (χ1) is 7.74. The molecule has 0 aromatic carbocycles. The molecule has 1 saturated heterocycles. The standard InChI is InChI=1S/C11H15N5/c1-6-4-13-5-7(6)10-14-8-2-3-9(12)15-11(8)16-10/h2-3,6-7,13H,4-5H2,1H3,(H3,12,14,15,16)/t6-,7-/m1/s1. The predicted molar refractivity (Wildman–Crippen MR) is 63.1 cm³/mol. The number of nitrogen functional groups attached to an aromatic ring is 1. The number of imidazole rings is 1. The van der Waals surface area contributed by atoms with Crippen molar-refractivity contribution in [2.75, 3.05) is 18.8 Å². The smallest absolute Gasteiger partial charge is 0.179 e. The predicted octanol–water partition coefficient (Wildman–Crippen LogP) is 0.863. The fourth-order valence-corrected chi connectivity index (χ4v) is 2.28. The van der Waals surface area contributed by atoms with Crippen molar-refractivity contribution in [3.63, 3.8) is 0 Å². The van der Waals surface area contributed by atoms with Gasteiger partial charge in [0.05, 0.1) is 5.52 Å². The van der Waals surface area contributed by atoms with Crippen molar-refractivity contribution in [3.05, 3.63) is 18.0 Å². The molecular weight excluding hydrogens is 202 g/mol. The summed E-state index contributed by atoms with van der Waals surface area (Å²) < 4.78 is 0. The summed E-state index contributed by atoms with van der Waals surface area (Å²) in [6.45, 7) is 4.27. The Balaban J connectivity index is 2.04. The summed E-state index contributed by atoms with van der Waals surface area (Å²) in [6.07, 6.45) is 0. The minimum absolute atomic E-state index is 0.454. The third kappa shape index (κ3) is 1.44. The third-order valence-corrected chi connectivity index (χ3v) is 3.25. The molecule has 0 spiro atoms. The van der Waals surface area contributed by atoms with Crippen LogP contribution in [0.1, 0.15) is 18.7 Å². The van der Waals surface area contributed by atoms with E-state index in [0.29, 0.717) is 23.3 Å². The van der Waals surface area contributed by atoms with Gasteiger partial charge in [-0.05, 0) is 24.6 Å². The van der Waals surface area contributed by atoms with Crippen LogP contribution in [0.25, 0.3) is 11.2 Å². The normalized spacial score (nSPS) is 25.3. The number of rotatable bonds is 1. The molecule has 0 unspecified atom stereocenters. The van der Waals surface area contributed by atoms with Gasteiger partial charge in [-0.1, -0.05) is 6.92 Å². The molecule has 1 fully saturated rings. The van der Waals surface area contributed by atoms with Gasteiger partial charge in [0.15, 0.2) is 5.65 Å². The summed E-state index contributed by atoms with van der Waals surface area (Å²) in [6, 6.07) is 3.72. The van der Waals surface area contributed by atoms with Crippen LogP contribution in [0.2, 0.25) is 0 Å². The quantitative estimate of drug-likeness (QED) is 0.662. The lowest BCUT2D eigenvalue weighted by molar-refractivity contribution is 0.551. The van der Waals surface area contributed by atoms with Crippen molar-refractivity contribution in [1.82, 2.24) is 20.3 Å². The summed E-state index contributed by atoms with van der Waals surface area (Å²) in [4.78, 5) is 12.1. The fraction of sp³-hybridized carbons (Fsp3) is 0.455. The maximum absolute atomic E-state index is 5.64. The summed E-state index contributed by atoms with van der Waals surface area (Å²) in [7, 11) is 0. The summed E-state index contributed by atoms with van der Waals surface area (Å²) in [5, 5.41) is 3.37. The Kier molecular flexibility index (Phi) is 2.07. The Morgan fingerprint density at radius 1 is 1.31 bits per heavy atom. The minimum Gasteiger partial charge on any atom is -0.384 e. The van der Waals surface area contributed by atoms with Crippen LogP contribution in [0.5, 0.6) is 0 Å². The highest BCUT2D eigenvalue weighted by atomic mass is 15.0. The van der Waals surface area contributed by atoms with Gasteiger partial charge in [0.25, 0.3) is 0 Å².